The smallest absolute Gasteiger partial charge is 0.301 e. The maximum Gasteiger partial charge on any atom is 0.301 e. The van der Waals surface area contributed by atoms with E-state index < -0.39 is 0 Å². The Morgan fingerprint density at radius 3 is 1.55 bits per heavy atom. The largest absolute Gasteiger partial charge is 0.466 e. The molecule has 6 aliphatic heterocycles. The van der Waals surface area contributed by atoms with Crippen molar-refractivity contribution in [1.82, 2.24) is 0 Å². The zero-order chi connectivity index (χ0) is 44.6. The van der Waals surface area contributed by atoms with E-state index in [0.717, 1.165) is 149 Å². The molecule has 67 heavy (non-hydrogen) atoms. The van der Waals surface area contributed by atoms with Crippen molar-refractivity contribution in [1.29, 1.82) is 0 Å². The van der Waals surface area contributed by atoms with Gasteiger partial charge in [-0.1, -0.05) is 36.4 Å². The highest BCUT2D eigenvalue weighted by atomic mass is 32.2. The van der Waals surface area contributed by atoms with Crippen molar-refractivity contribution < 1.29 is 23.0 Å². The summed E-state index contributed by atoms with van der Waals surface area (Å²) in [5, 5.41) is 5.88. The van der Waals surface area contributed by atoms with Crippen LogP contribution in [-0.2, 0) is 0 Å². The first kappa shape index (κ1) is 39.4. The summed E-state index contributed by atoms with van der Waals surface area (Å²) in [6.07, 6.45) is 10.7. The van der Waals surface area contributed by atoms with Crippen LogP contribution in [0.15, 0.2) is 133 Å². The van der Waals surface area contributed by atoms with Gasteiger partial charge in [0, 0.05) is 61.3 Å². The molecule has 8 nitrogen and oxygen atoms in total. The van der Waals surface area contributed by atoms with Crippen LogP contribution >= 0.6 is 59.2 Å². The molecule has 0 fully saturated rings. The molecular formula is C51H34B3N3O5S5. The normalized spacial score (nSPS) is 14.7. The summed E-state index contributed by atoms with van der Waals surface area (Å²) in [6, 6.07) is 39.5. The first-order valence-corrected chi connectivity index (χ1v) is 28.0. The minimum Gasteiger partial charge on any atom is -0.466 e. The molecule has 0 atom stereocenters. The van der Waals surface area contributed by atoms with Crippen LogP contribution in [0.2, 0.25) is 0 Å². The maximum absolute atomic E-state index is 7.24. The van der Waals surface area contributed by atoms with E-state index >= 15 is 0 Å². The van der Waals surface area contributed by atoms with Crippen molar-refractivity contribution in [3.63, 3.8) is 0 Å². The van der Waals surface area contributed by atoms with E-state index in [1.807, 2.05) is 24.3 Å². The first-order chi connectivity index (χ1) is 32.9. The standard InChI is InChI=1S/C51H34B3N3O5S5/c1-63-24-14-34-45-42(17-24)59-48-27-10-6-8-12-39(27)61-50(48)53(45)29-20-30-35(22-33(29)55-34)56(66-4)37-15-25(64-2)18-43-46(37)52(30)32-21-31-36(23-41(32)58-43)57(67-5)38-16-26(65-3)19-44-47(38)54(31)51-49(60-44)28-11-7-9-13-40(28)62-51/h6-23,55H,1-5H3. The molecule has 0 radical (unpaired) electrons. The van der Waals surface area contributed by atoms with Crippen LogP contribution in [0.5, 0.6) is 34.5 Å². The number of furan rings is 2. The van der Waals surface area contributed by atoms with E-state index in [-0.39, 0.29) is 20.1 Å². The summed E-state index contributed by atoms with van der Waals surface area (Å²) in [4.78, 5) is 3.42. The SMILES string of the molecule is CSc1cc2c3c(c1)Oc1c(oc4ccccc14)B3c1cc3c(cc1N2)N(SC)c1cc(SC)cc2c1B3c1cc3c(cc1O2)N(SC)c1cc(SC)cc2c1B3c1oc3ccccc3c1O2. The Bertz CT molecular complexity index is 3730. The van der Waals surface area contributed by atoms with Crippen molar-refractivity contribution in [2.45, 2.75) is 14.7 Å². The predicted octanol–water partition coefficient (Wildman–Crippen LogP) is 8.73. The molecule has 0 spiro atoms. The highest BCUT2D eigenvalue weighted by molar-refractivity contribution is 8.00. The molecule has 0 unspecified atom stereocenters. The van der Waals surface area contributed by atoms with E-state index in [0.29, 0.717) is 0 Å². The summed E-state index contributed by atoms with van der Waals surface area (Å²) in [6.45, 7) is -0.575. The average Bonchev–Trinajstić information content (AvgIpc) is 3.93. The van der Waals surface area contributed by atoms with E-state index in [4.69, 9.17) is 23.0 Å². The van der Waals surface area contributed by atoms with Crippen LogP contribution in [0.4, 0.5) is 34.1 Å². The summed E-state index contributed by atoms with van der Waals surface area (Å²) >= 11 is 8.59. The second-order valence-electron chi connectivity index (χ2n) is 17.4. The van der Waals surface area contributed by atoms with Crippen LogP contribution in [0, 0.1) is 0 Å². The lowest BCUT2D eigenvalue weighted by atomic mass is 9.30. The number of ether oxygens (including phenoxy) is 3. The van der Waals surface area contributed by atoms with E-state index in [9.17, 15) is 0 Å². The van der Waals surface area contributed by atoms with Crippen molar-refractivity contribution in [2.24, 2.45) is 0 Å². The Balaban J connectivity index is 1.000. The van der Waals surface area contributed by atoms with Gasteiger partial charge in [-0.3, -0.25) is 8.61 Å². The van der Waals surface area contributed by atoms with Crippen LogP contribution in [-0.4, -0.2) is 51.4 Å². The van der Waals surface area contributed by atoms with Crippen molar-refractivity contribution in [2.75, 3.05) is 45.2 Å². The second kappa shape index (κ2) is 14.2. The van der Waals surface area contributed by atoms with E-state index in [1.165, 1.54) is 5.46 Å². The quantitative estimate of drug-likeness (QED) is 0.102. The third kappa shape index (κ3) is 5.23. The van der Waals surface area contributed by atoms with Gasteiger partial charge in [0.15, 0.2) is 11.5 Å². The Hall–Kier alpha value is -5.64. The van der Waals surface area contributed by atoms with Crippen LogP contribution in [0.25, 0.3) is 21.9 Å². The number of nitrogens with one attached hydrogen (secondary N) is 1. The highest BCUT2D eigenvalue weighted by Gasteiger charge is 2.50. The molecule has 1 N–H and O–H groups in total. The number of rotatable bonds is 5. The molecule has 9 aromatic rings. The third-order valence-electron chi connectivity index (χ3n) is 14.3. The van der Waals surface area contributed by atoms with Crippen LogP contribution < -0.4 is 77.7 Å². The van der Waals surface area contributed by atoms with E-state index in [1.54, 1.807) is 59.2 Å². The molecule has 0 saturated heterocycles. The van der Waals surface area contributed by atoms with Crippen LogP contribution in [0.1, 0.15) is 0 Å². The zero-order valence-electron chi connectivity index (χ0n) is 36.6. The van der Waals surface area contributed by atoms with Gasteiger partial charge in [-0.2, -0.15) is 0 Å². The van der Waals surface area contributed by atoms with Gasteiger partial charge in [0.1, 0.15) is 45.5 Å². The van der Waals surface area contributed by atoms with Gasteiger partial charge in [0.25, 0.3) is 6.71 Å². The average molecular weight is 962 g/mol. The Kier molecular flexibility index (Phi) is 8.35. The molecule has 15 rings (SSSR count). The fourth-order valence-electron chi connectivity index (χ4n) is 11.5. The molecule has 0 bridgehead atoms. The molecule has 0 amide bonds. The summed E-state index contributed by atoms with van der Waals surface area (Å²) < 4.78 is 39.5. The maximum atomic E-state index is 7.24. The first-order valence-electron chi connectivity index (χ1n) is 22.0. The number of hydrogen-bond acceptors (Lipinski definition) is 13. The topological polar surface area (TPSA) is 72.5 Å². The number of benzene rings is 7. The summed E-state index contributed by atoms with van der Waals surface area (Å²) in [5.74, 6) is 5.03. The van der Waals surface area contributed by atoms with Gasteiger partial charge in [0.2, 0.25) is 0 Å². The molecule has 322 valence electrons. The number of nitrogens with zero attached hydrogens (tertiary/aromatic N) is 2. The minimum absolute atomic E-state index is 0.161. The number of fused-ring (bicyclic) bond motifs is 16. The lowest BCUT2D eigenvalue weighted by Crippen LogP contribution is -2.64. The molecule has 0 saturated carbocycles. The Morgan fingerprint density at radius 2 is 0.940 bits per heavy atom. The molecule has 7 aromatic carbocycles. The molecule has 6 aliphatic rings. The Morgan fingerprint density at radius 1 is 0.433 bits per heavy atom. The van der Waals surface area contributed by atoms with Crippen LogP contribution in [0.3, 0.4) is 0 Å². The molecule has 0 aliphatic carbocycles. The van der Waals surface area contributed by atoms with Crippen molar-refractivity contribution in [3.8, 4) is 34.5 Å². The fraction of sp³-hybridized carbons (Fsp3) is 0.0980. The van der Waals surface area contributed by atoms with Gasteiger partial charge in [-0.15, -0.1) is 35.3 Å². The molecule has 16 heteroatoms. The zero-order valence-corrected chi connectivity index (χ0v) is 40.7. The minimum atomic E-state index is -0.214. The number of anilines is 6. The predicted molar refractivity (Wildman–Crippen MR) is 289 cm³/mol. The summed E-state index contributed by atoms with van der Waals surface area (Å²) in [5.41, 5.74) is 17.9. The van der Waals surface area contributed by atoms with Gasteiger partial charge < -0.3 is 28.4 Å². The Labute approximate surface area is 408 Å². The van der Waals surface area contributed by atoms with Crippen molar-refractivity contribution >= 4 is 185 Å². The van der Waals surface area contributed by atoms with Gasteiger partial charge in [-0.05, 0) is 137 Å². The van der Waals surface area contributed by atoms with Gasteiger partial charge in [-0.25, -0.2) is 0 Å². The van der Waals surface area contributed by atoms with Crippen molar-refractivity contribution in [3.05, 3.63) is 109 Å². The lowest BCUT2D eigenvalue weighted by molar-refractivity contribution is 0.481. The molecule has 2 aromatic heterocycles. The fourth-order valence-corrected chi connectivity index (χ4v) is 14.3. The monoisotopic (exact) mass is 961 g/mol. The lowest BCUT2D eigenvalue weighted by Gasteiger charge is -2.42. The molecule has 8 heterocycles. The second-order valence-corrected chi connectivity index (χ2v) is 21.5. The van der Waals surface area contributed by atoms with Gasteiger partial charge in [0.05, 0.1) is 27.8 Å². The van der Waals surface area contributed by atoms with Gasteiger partial charge >= 0.3 is 13.4 Å². The molecular weight excluding hydrogens is 927 g/mol. The van der Waals surface area contributed by atoms with E-state index in [2.05, 4.69) is 130 Å². The number of hydrogen-bond donors (Lipinski definition) is 1. The number of thioether (sulfide) groups is 3. The summed E-state index contributed by atoms with van der Waals surface area (Å²) in [7, 11) is 0. The number of para-hydroxylation sites is 2. The highest BCUT2D eigenvalue weighted by Crippen LogP contribution is 2.48. The third-order valence-corrected chi connectivity index (χ3v) is 17.9.